The van der Waals surface area contributed by atoms with Gasteiger partial charge in [0.25, 0.3) is 0 Å². The number of nitriles is 1. The van der Waals surface area contributed by atoms with Crippen molar-refractivity contribution in [3.63, 3.8) is 0 Å². The van der Waals surface area contributed by atoms with E-state index in [4.69, 9.17) is 5.26 Å². The highest BCUT2D eigenvalue weighted by atomic mass is 79.9. The van der Waals surface area contributed by atoms with Crippen molar-refractivity contribution in [2.24, 2.45) is 5.92 Å². The predicted molar refractivity (Wildman–Crippen MR) is 50.6 cm³/mol. The first-order valence-corrected chi connectivity index (χ1v) is 4.75. The minimum atomic E-state index is 0.270. The molecule has 0 aromatic heterocycles. The van der Waals surface area contributed by atoms with Crippen molar-refractivity contribution in [2.45, 2.75) is 12.3 Å². The van der Waals surface area contributed by atoms with Crippen LogP contribution in [0, 0.1) is 17.2 Å². The van der Waals surface area contributed by atoms with Crippen molar-refractivity contribution >= 4 is 15.9 Å². The quantitative estimate of drug-likeness (QED) is 0.716. The second-order valence-electron chi connectivity index (χ2n) is 3.13. The van der Waals surface area contributed by atoms with Crippen LogP contribution in [0.4, 0.5) is 0 Å². The average molecular weight is 222 g/mol. The van der Waals surface area contributed by atoms with Gasteiger partial charge >= 0.3 is 0 Å². The van der Waals surface area contributed by atoms with Crippen LogP contribution in [0.3, 0.4) is 0 Å². The van der Waals surface area contributed by atoms with E-state index in [1.54, 1.807) is 0 Å². The number of hydrogen-bond acceptors (Lipinski definition) is 1. The van der Waals surface area contributed by atoms with Gasteiger partial charge in [-0.1, -0.05) is 28.1 Å². The highest BCUT2D eigenvalue weighted by Crippen LogP contribution is 2.46. The molecule has 1 aliphatic carbocycles. The van der Waals surface area contributed by atoms with E-state index in [0.29, 0.717) is 5.92 Å². The Morgan fingerprint density at radius 2 is 2.00 bits per heavy atom. The molecular weight excluding hydrogens is 214 g/mol. The van der Waals surface area contributed by atoms with Crippen molar-refractivity contribution in [1.82, 2.24) is 0 Å². The van der Waals surface area contributed by atoms with Crippen LogP contribution in [-0.2, 0) is 0 Å². The largest absolute Gasteiger partial charge is 0.198 e. The van der Waals surface area contributed by atoms with Crippen LogP contribution < -0.4 is 0 Å². The van der Waals surface area contributed by atoms with E-state index in [1.165, 1.54) is 5.56 Å². The zero-order valence-corrected chi connectivity index (χ0v) is 8.08. The third kappa shape index (κ3) is 1.37. The molecule has 60 valence electrons. The maximum Gasteiger partial charge on any atom is 0.0662 e. The van der Waals surface area contributed by atoms with E-state index in [2.05, 4.69) is 34.1 Å². The van der Waals surface area contributed by atoms with Gasteiger partial charge in [-0.05, 0) is 24.1 Å². The maximum absolute atomic E-state index is 8.63. The van der Waals surface area contributed by atoms with Crippen LogP contribution in [0.15, 0.2) is 28.7 Å². The van der Waals surface area contributed by atoms with Crippen molar-refractivity contribution in [3.8, 4) is 6.07 Å². The normalized spacial score (nSPS) is 26.3. The molecule has 1 aliphatic rings. The summed E-state index contributed by atoms with van der Waals surface area (Å²) in [6.45, 7) is 0. The van der Waals surface area contributed by atoms with E-state index >= 15 is 0 Å². The standard InChI is InChI=1S/C10H8BrN/c11-9-3-1-7(2-4-9)10-5-8(10)6-12/h1-4,8,10H,5H2/t8-,10-/m1/s1. The lowest BCUT2D eigenvalue weighted by Gasteiger charge is -1.96. The Hall–Kier alpha value is -0.810. The highest BCUT2D eigenvalue weighted by molar-refractivity contribution is 9.10. The van der Waals surface area contributed by atoms with Crippen molar-refractivity contribution in [1.29, 1.82) is 5.26 Å². The summed E-state index contributed by atoms with van der Waals surface area (Å²) in [5.74, 6) is 0.772. The summed E-state index contributed by atoms with van der Waals surface area (Å²) >= 11 is 3.38. The smallest absolute Gasteiger partial charge is 0.0662 e. The molecule has 2 rings (SSSR count). The van der Waals surface area contributed by atoms with Gasteiger partial charge in [0.15, 0.2) is 0 Å². The Bertz CT molecular complexity index is 323. The summed E-state index contributed by atoms with van der Waals surface area (Å²) < 4.78 is 1.10. The predicted octanol–water partition coefficient (Wildman–Crippen LogP) is 3.08. The Kier molecular flexibility index (Phi) is 1.90. The molecule has 1 nitrogen and oxygen atoms in total. The lowest BCUT2D eigenvalue weighted by atomic mass is 10.1. The number of benzene rings is 1. The molecule has 2 heteroatoms. The lowest BCUT2D eigenvalue weighted by molar-refractivity contribution is 1.02. The molecule has 0 radical (unpaired) electrons. The van der Waals surface area contributed by atoms with Crippen molar-refractivity contribution < 1.29 is 0 Å². The lowest BCUT2D eigenvalue weighted by Crippen LogP contribution is -1.80. The van der Waals surface area contributed by atoms with Crippen LogP contribution in [0.2, 0.25) is 0 Å². The Labute approximate surface area is 80.1 Å². The fourth-order valence-electron chi connectivity index (χ4n) is 1.42. The number of rotatable bonds is 1. The first-order valence-electron chi connectivity index (χ1n) is 3.96. The van der Waals surface area contributed by atoms with Crippen LogP contribution in [0.1, 0.15) is 17.9 Å². The fourth-order valence-corrected chi connectivity index (χ4v) is 1.68. The molecule has 0 aliphatic heterocycles. The second-order valence-corrected chi connectivity index (χ2v) is 4.05. The van der Waals surface area contributed by atoms with Gasteiger partial charge in [-0.25, -0.2) is 0 Å². The third-order valence-corrected chi connectivity index (χ3v) is 2.78. The van der Waals surface area contributed by atoms with Gasteiger partial charge in [0, 0.05) is 10.4 Å². The SMILES string of the molecule is N#C[C@H]1C[C@@H]1c1ccc(Br)cc1. The molecule has 0 spiro atoms. The maximum atomic E-state index is 8.63. The van der Waals surface area contributed by atoms with E-state index in [9.17, 15) is 0 Å². The summed E-state index contributed by atoms with van der Waals surface area (Å²) in [5, 5.41) is 8.63. The van der Waals surface area contributed by atoms with E-state index in [0.717, 1.165) is 10.9 Å². The van der Waals surface area contributed by atoms with Crippen LogP contribution >= 0.6 is 15.9 Å². The Morgan fingerprint density at radius 3 is 2.50 bits per heavy atom. The van der Waals surface area contributed by atoms with Crippen molar-refractivity contribution in [2.75, 3.05) is 0 Å². The van der Waals surface area contributed by atoms with Gasteiger partial charge < -0.3 is 0 Å². The fraction of sp³-hybridized carbons (Fsp3) is 0.300. The van der Waals surface area contributed by atoms with Gasteiger partial charge in [0.05, 0.1) is 12.0 Å². The molecule has 0 amide bonds. The second kappa shape index (κ2) is 2.91. The van der Waals surface area contributed by atoms with Crippen molar-refractivity contribution in [3.05, 3.63) is 34.3 Å². The zero-order valence-electron chi connectivity index (χ0n) is 6.50. The highest BCUT2D eigenvalue weighted by Gasteiger charge is 2.38. The molecular formula is C10H8BrN. The first kappa shape index (κ1) is 7.82. The van der Waals surface area contributed by atoms with E-state index in [1.807, 2.05) is 12.1 Å². The van der Waals surface area contributed by atoms with Gasteiger partial charge in [-0.15, -0.1) is 0 Å². The Morgan fingerprint density at radius 1 is 1.33 bits per heavy atom. The molecule has 12 heavy (non-hydrogen) atoms. The molecule has 1 aromatic rings. The van der Waals surface area contributed by atoms with Gasteiger partial charge in [0.2, 0.25) is 0 Å². The molecule has 2 atom stereocenters. The molecule has 1 fully saturated rings. The number of nitrogens with zero attached hydrogens (tertiary/aromatic N) is 1. The summed E-state index contributed by atoms with van der Waals surface area (Å²) in [7, 11) is 0. The monoisotopic (exact) mass is 221 g/mol. The third-order valence-electron chi connectivity index (χ3n) is 2.25. The molecule has 1 saturated carbocycles. The topological polar surface area (TPSA) is 23.8 Å². The van der Waals surface area contributed by atoms with Crippen LogP contribution in [-0.4, -0.2) is 0 Å². The van der Waals surface area contributed by atoms with Gasteiger partial charge in [-0.2, -0.15) is 5.26 Å². The minimum absolute atomic E-state index is 0.270. The summed E-state index contributed by atoms with van der Waals surface area (Å²) in [6, 6.07) is 10.5. The van der Waals surface area contributed by atoms with Crippen LogP contribution in [0.25, 0.3) is 0 Å². The van der Waals surface area contributed by atoms with Crippen LogP contribution in [0.5, 0.6) is 0 Å². The number of halogens is 1. The molecule has 0 saturated heterocycles. The Balaban J connectivity index is 2.17. The van der Waals surface area contributed by atoms with Gasteiger partial charge in [0.1, 0.15) is 0 Å². The van der Waals surface area contributed by atoms with E-state index in [-0.39, 0.29) is 5.92 Å². The van der Waals surface area contributed by atoms with Gasteiger partial charge in [-0.3, -0.25) is 0 Å². The summed E-state index contributed by atoms with van der Waals surface area (Å²) in [6.07, 6.45) is 1.04. The minimum Gasteiger partial charge on any atom is -0.198 e. The summed E-state index contributed by atoms with van der Waals surface area (Å²) in [5.41, 5.74) is 1.30. The molecule has 0 heterocycles. The first-order chi connectivity index (χ1) is 5.81. The molecule has 0 N–H and O–H groups in total. The molecule has 1 aromatic carbocycles. The summed E-state index contributed by atoms with van der Waals surface area (Å²) in [4.78, 5) is 0. The molecule has 0 bridgehead atoms. The van der Waals surface area contributed by atoms with E-state index < -0.39 is 0 Å². The molecule has 0 unspecified atom stereocenters. The number of hydrogen-bond donors (Lipinski definition) is 0. The zero-order chi connectivity index (χ0) is 8.55. The average Bonchev–Trinajstić information content (AvgIpc) is 2.85.